The maximum atomic E-state index is 12.9. The van der Waals surface area contributed by atoms with Gasteiger partial charge in [-0.25, -0.2) is 0 Å². The van der Waals surface area contributed by atoms with E-state index in [4.69, 9.17) is 0 Å². The lowest BCUT2D eigenvalue weighted by atomic mass is 9.97. The summed E-state index contributed by atoms with van der Waals surface area (Å²) >= 11 is 0. The molecule has 4 nitrogen and oxygen atoms in total. The smallest absolute Gasteiger partial charge is 0.338 e. The Kier molecular flexibility index (Phi) is 4.51. The van der Waals surface area contributed by atoms with Gasteiger partial charge in [0.2, 0.25) is 0 Å². The Bertz CT molecular complexity index is 639. The van der Waals surface area contributed by atoms with Gasteiger partial charge < -0.3 is 4.90 Å². The summed E-state index contributed by atoms with van der Waals surface area (Å²) in [4.78, 5) is 13.8. The predicted molar refractivity (Wildman–Crippen MR) is 86.2 cm³/mol. The highest BCUT2D eigenvalue weighted by atomic mass is 19.4. The van der Waals surface area contributed by atoms with E-state index in [-0.39, 0.29) is 18.9 Å². The number of rotatable bonds is 2. The monoisotopic (exact) mass is 339 g/mol. The van der Waals surface area contributed by atoms with E-state index in [1.54, 1.807) is 24.3 Å². The normalized spacial score (nSPS) is 21.8. The van der Waals surface area contributed by atoms with Gasteiger partial charge >= 0.3 is 6.18 Å². The summed E-state index contributed by atoms with van der Waals surface area (Å²) in [6, 6.07) is 6.91. The summed E-state index contributed by atoms with van der Waals surface area (Å²) in [6.45, 7) is 2.90. The van der Waals surface area contributed by atoms with Crippen LogP contribution in [0.2, 0.25) is 0 Å². The van der Waals surface area contributed by atoms with Gasteiger partial charge in [0.1, 0.15) is 0 Å². The van der Waals surface area contributed by atoms with Gasteiger partial charge in [-0.1, -0.05) is 0 Å². The average molecular weight is 339 g/mol. The fourth-order valence-corrected chi connectivity index (χ4v) is 3.15. The van der Waals surface area contributed by atoms with Crippen molar-refractivity contribution < 1.29 is 18.0 Å². The fraction of sp³-hybridized carbons (Fsp3) is 0.529. The fourth-order valence-electron chi connectivity index (χ4n) is 3.15. The van der Waals surface area contributed by atoms with Gasteiger partial charge in [0.25, 0.3) is 5.91 Å². The highest BCUT2D eigenvalue weighted by Gasteiger charge is 2.42. The van der Waals surface area contributed by atoms with Crippen LogP contribution in [0.5, 0.6) is 0 Å². The van der Waals surface area contributed by atoms with E-state index in [1.165, 1.54) is 4.90 Å². The number of hydrogen-bond acceptors (Lipinski definition) is 3. The molecule has 2 aliphatic heterocycles. The number of hydrogen-bond donors (Lipinski definition) is 0. The number of carbonyl (C=O) groups excluding carboxylic acids is 1. The van der Waals surface area contributed by atoms with Crippen LogP contribution in [0.4, 0.5) is 18.9 Å². The number of nitrogens with zero attached hydrogens (tertiary/aromatic N) is 3. The Morgan fingerprint density at radius 3 is 2.50 bits per heavy atom. The van der Waals surface area contributed by atoms with Gasteiger partial charge in [-0.05, 0) is 44.0 Å². The lowest BCUT2D eigenvalue weighted by molar-refractivity contribution is -0.184. The Morgan fingerprint density at radius 1 is 1.21 bits per heavy atom. The summed E-state index contributed by atoms with van der Waals surface area (Å²) in [5.74, 6) is -1.76. The third-order valence-corrected chi connectivity index (χ3v) is 4.56. The highest BCUT2D eigenvalue weighted by molar-refractivity contribution is 5.94. The summed E-state index contributed by atoms with van der Waals surface area (Å²) in [6.07, 6.45) is -2.85. The largest absolute Gasteiger partial charge is 0.393 e. The molecule has 1 atom stereocenters. The molecule has 0 spiro atoms. The number of likely N-dealkylation sites (tertiary alicyclic amines) is 1. The number of amides is 1. The molecule has 2 heterocycles. The third-order valence-electron chi connectivity index (χ3n) is 4.56. The number of anilines is 1. The zero-order valence-electron chi connectivity index (χ0n) is 13.5. The maximum absolute atomic E-state index is 12.9. The molecule has 7 heteroatoms. The molecule has 0 aromatic heterocycles. The van der Waals surface area contributed by atoms with E-state index in [9.17, 15) is 18.0 Å². The van der Waals surface area contributed by atoms with E-state index in [1.807, 2.05) is 11.9 Å². The van der Waals surface area contributed by atoms with Crippen molar-refractivity contribution in [1.29, 1.82) is 0 Å². The van der Waals surface area contributed by atoms with E-state index in [2.05, 4.69) is 5.10 Å². The van der Waals surface area contributed by atoms with Crippen LogP contribution >= 0.6 is 0 Å². The van der Waals surface area contributed by atoms with Crippen LogP contribution in [0.25, 0.3) is 0 Å². The van der Waals surface area contributed by atoms with E-state index < -0.39 is 12.1 Å². The Balaban J connectivity index is 1.69. The first kappa shape index (κ1) is 16.8. The molecule has 1 fully saturated rings. The van der Waals surface area contributed by atoms with Crippen molar-refractivity contribution in [3.63, 3.8) is 0 Å². The van der Waals surface area contributed by atoms with Crippen LogP contribution in [-0.2, 0) is 0 Å². The summed E-state index contributed by atoms with van der Waals surface area (Å²) in [5, 5.41) is 6.25. The van der Waals surface area contributed by atoms with Gasteiger partial charge in [-0.15, -0.1) is 0 Å². The van der Waals surface area contributed by atoms with Gasteiger partial charge in [0, 0.05) is 37.3 Å². The van der Waals surface area contributed by atoms with Crippen molar-refractivity contribution in [3.05, 3.63) is 29.8 Å². The van der Waals surface area contributed by atoms with E-state index in [0.717, 1.165) is 24.4 Å². The number of hydrazone groups is 1. The molecule has 1 aromatic carbocycles. The van der Waals surface area contributed by atoms with Crippen molar-refractivity contribution in [2.45, 2.75) is 32.4 Å². The summed E-state index contributed by atoms with van der Waals surface area (Å²) in [7, 11) is 0. The molecule has 130 valence electrons. The first-order valence-electron chi connectivity index (χ1n) is 8.12. The molecular weight excluding hydrogens is 319 g/mol. The average Bonchev–Trinajstić information content (AvgIpc) is 3.00. The molecular formula is C17H20F3N3O. The summed E-state index contributed by atoms with van der Waals surface area (Å²) in [5.41, 5.74) is 2.36. The zero-order chi connectivity index (χ0) is 17.3. The Hall–Kier alpha value is -2.05. The number of piperidine rings is 1. The summed E-state index contributed by atoms with van der Waals surface area (Å²) < 4.78 is 38.6. The zero-order valence-corrected chi connectivity index (χ0v) is 13.5. The Morgan fingerprint density at radius 2 is 1.92 bits per heavy atom. The quantitative estimate of drug-likeness (QED) is 0.824. The molecule has 0 aliphatic carbocycles. The van der Waals surface area contributed by atoms with Crippen molar-refractivity contribution >= 4 is 17.3 Å². The lowest BCUT2D eigenvalue weighted by Gasteiger charge is -2.33. The van der Waals surface area contributed by atoms with Crippen LogP contribution in [-0.4, -0.2) is 42.3 Å². The standard InChI is InChI=1S/C17H20F3N3O/c1-12-8-10-23(21-12)15-6-4-13(5-7-15)16(24)22-9-2-3-14(11-22)17(18,19)20/h4-7,14H,2-3,8-11H2,1H3/t14-/m1/s1. The molecule has 1 aromatic rings. The molecule has 0 radical (unpaired) electrons. The van der Waals surface area contributed by atoms with E-state index in [0.29, 0.717) is 18.5 Å². The van der Waals surface area contributed by atoms with Crippen molar-refractivity contribution in [1.82, 2.24) is 4.90 Å². The molecule has 1 saturated heterocycles. The highest BCUT2D eigenvalue weighted by Crippen LogP contribution is 2.33. The van der Waals surface area contributed by atoms with Crippen LogP contribution in [0, 0.1) is 5.92 Å². The maximum Gasteiger partial charge on any atom is 0.393 e. The van der Waals surface area contributed by atoms with Crippen LogP contribution in [0.1, 0.15) is 36.5 Å². The number of benzene rings is 1. The molecule has 0 saturated carbocycles. The second-order valence-electron chi connectivity index (χ2n) is 6.39. The van der Waals surface area contributed by atoms with Gasteiger partial charge in [-0.2, -0.15) is 18.3 Å². The molecule has 0 bridgehead atoms. The first-order chi connectivity index (χ1) is 11.3. The molecule has 1 amide bonds. The number of carbonyl (C=O) groups is 1. The van der Waals surface area contributed by atoms with Crippen LogP contribution in [0.3, 0.4) is 0 Å². The van der Waals surface area contributed by atoms with Crippen LogP contribution in [0.15, 0.2) is 29.4 Å². The topological polar surface area (TPSA) is 35.9 Å². The third kappa shape index (κ3) is 3.55. The number of halogens is 3. The van der Waals surface area contributed by atoms with Gasteiger partial charge in [0.05, 0.1) is 11.6 Å². The lowest BCUT2D eigenvalue weighted by Crippen LogP contribution is -2.44. The second-order valence-corrected chi connectivity index (χ2v) is 6.39. The van der Waals surface area contributed by atoms with Crippen LogP contribution < -0.4 is 5.01 Å². The molecule has 24 heavy (non-hydrogen) atoms. The first-order valence-corrected chi connectivity index (χ1v) is 8.12. The second kappa shape index (κ2) is 6.45. The van der Waals surface area contributed by atoms with Crippen molar-refractivity contribution in [3.8, 4) is 0 Å². The SMILES string of the molecule is CC1=NN(c2ccc(C(=O)N3CCC[C@@H](C(F)(F)F)C3)cc2)CC1. The minimum Gasteiger partial charge on any atom is -0.338 e. The van der Waals surface area contributed by atoms with Crippen molar-refractivity contribution in [2.75, 3.05) is 24.6 Å². The van der Waals surface area contributed by atoms with E-state index >= 15 is 0 Å². The molecule has 0 N–H and O–H groups in total. The minimum atomic E-state index is -4.24. The molecule has 3 rings (SSSR count). The predicted octanol–water partition coefficient (Wildman–Crippen LogP) is 3.69. The van der Waals surface area contributed by atoms with Gasteiger partial charge in [-0.3, -0.25) is 9.80 Å². The number of alkyl halides is 3. The molecule has 2 aliphatic rings. The Labute approximate surface area is 138 Å². The van der Waals surface area contributed by atoms with Gasteiger partial charge in [0.15, 0.2) is 0 Å². The molecule has 0 unspecified atom stereocenters. The van der Waals surface area contributed by atoms with Crippen molar-refractivity contribution in [2.24, 2.45) is 11.0 Å². The minimum absolute atomic E-state index is 0.0958.